The van der Waals surface area contributed by atoms with Crippen molar-refractivity contribution in [1.29, 1.82) is 0 Å². The number of benzene rings is 4. The van der Waals surface area contributed by atoms with E-state index in [4.69, 9.17) is 0 Å². The zero-order valence-corrected chi connectivity index (χ0v) is 22.7. The van der Waals surface area contributed by atoms with Crippen molar-refractivity contribution in [1.82, 2.24) is 0 Å². The quantitative estimate of drug-likeness (QED) is 0.230. The molecule has 0 aliphatic heterocycles. The third kappa shape index (κ3) is 3.30. The standard InChI is InChI=1S/C32H26Br2/c1-19-16-27-23(20-8-5-4-6-9-20)10-7-11-26(27)30(19)32(2,3)31-28-17-21(33)12-14-24(28)25-15-13-22(34)18-29(25)31/h4-18,30-31H,1-3H3. The highest BCUT2D eigenvalue weighted by Crippen LogP contribution is 2.61. The van der Waals surface area contributed by atoms with Crippen LogP contribution in [0.1, 0.15) is 54.9 Å². The Hall–Kier alpha value is -2.42. The Bertz CT molecular complexity index is 1410. The number of halogens is 2. The van der Waals surface area contributed by atoms with E-state index in [-0.39, 0.29) is 5.41 Å². The van der Waals surface area contributed by atoms with E-state index in [1.165, 1.54) is 50.1 Å². The van der Waals surface area contributed by atoms with Crippen molar-refractivity contribution in [3.8, 4) is 22.3 Å². The lowest BCUT2D eigenvalue weighted by molar-refractivity contribution is 0.278. The molecule has 1 atom stereocenters. The molecule has 2 aliphatic rings. The molecule has 0 fully saturated rings. The van der Waals surface area contributed by atoms with Crippen LogP contribution >= 0.6 is 31.9 Å². The van der Waals surface area contributed by atoms with Gasteiger partial charge in [0.15, 0.2) is 0 Å². The summed E-state index contributed by atoms with van der Waals surface area (Å²) < 4.78 is 2.29. The predicted octanol–water partition coefficient (Wildman–Crippen LogP) is 10.2. The SMILES string of the molecule is CC1=Cc2c(-c3ccccc3)cccc2C1C(C)(C)C1c2cc(Br)ccc2-c2ccc(Br)cc21. The lowest BCUT2D eigenvalue weighted by Gasteiger charge is -2.40. The van der Waals surface area contributed by atoms with Crippen molar-refractivity contribution >= 4 is 37.9 Å². The molecule has 0 aromatic heterocycles. The van der Waals surface area contributed by atoms with Crippen molar-refractivity contribution in [2.45, 2.75) is 32.6 Å². The molecular formula is C32H26Br2. The number of hydrogen-bond donors (Lipinski definition) is 0. The van der Waals surface area contributed by atoms with Crippen LogP contribution in [0.15, 0.2) is 99.4 Å². The van der Waals surface area contributed by atoms with Crippen molar-refractivity contribution in [3.05, 3.63) is 122 Å². The van der Waals surface area contributed by atoms with Gasteiger partial charge in [-0.15, -0.1) is 0 Å². The average Bonchev–Trinajstić information content (AvgIpc) is 3.33. The van der Waals surface area contributed by atoms with Gasteiger partial charge in [-0.05, 0) is 81.1 Å². The van der Waals surface area contributed by atoms with Crippen LogP contribution in [0.4, 0.5) is 0 Å². The zero-order chi connectivity index (χ0) is 23.6. The Labute approximate surface area is 219 Å². The lowest BCUT2D eigenvalue weighted by atomic mass is 9.63. The summed E-state index contributed by atoms with van der Waals surface area (Å²) in [4.78, 5) is 0. The Morgan fingerprint density at radius 3 is 1.85 bits per heavy atom. The maximum Gasteiger partial charge on any atom is 0.0178 e. The summed E-state index contributed by atoms with van der Waals surface area (Å²) in [5, 5.41) is 0. The smallest absolute Gasteiger partial charge is 0.0178 e. The summed E-state index contributed by atoms with van der Waals surface area (Å²) >= 11 is 7.51. The highest BCUT2D eigenvalue weighted by molar-refractivity contribution is 9.10. The topological polar surface area (TPSA) is 0 Å². The predicted molar refractivity (Wildman–Crippen MR) is 151 cm³/mol. The molecule has 2 heteroatoms. The number of fused-ring (bicyclic) bond motifs is 4. The summed E-state index contributed by atoms with van der Waals surface area (Å²) in [5.41, 5.74) is 12.4. The van der Waals surface area contributed by atoms with Crippen LogP contribution in [0.25, 0.3) is 28.3 Å². The molecule has 0 nitrogen and oxygen atoms in total. The van der Waals surface area contributed by atoms with Crippen molar-refractivity contribution in [2.24, 2.45) is 5.41 Å². The molecule has 0 N–H and O–H groups in total. The van der Waals surface area contributed by atoms with Crippen LogP contribution in [0.2, 0.25) is 0 Å². The molecule has 6 rings (SSSR count). The van der Waals surface area contributed by atoms with E-state index in [1.54, 1.807) is 0 Å². The highest BCUT2D eigenvalue weighted by Gasteiger charge is 2.47. The summed E-state index contributed by atoms with van der Waals surface area (Å²) in [5.74, 6) is 0.639. The van der Waals surface area contributed by atoms with E-state index >= 15 is 0 Å². The fraction of sp³-hybridized carbons (Fsp3) is 0.188. The summed E-state index contributed by atoms with van der Waals surface area (Å²) in [7, 11) is 0. The van der Waals surface area contributed by atoms with Gasteiger partial charge in [-0.2, -0.15) is 0 Å². The largest absolute Gasteiger partial charge is 0.0646 e. The normalized spacial score (nSPS) is 16.7. The minimum absolute atomic E-state index is 0.0251. The molecule has 4 aromatic rings. The van der Waals surface area contributed by atoms with Crippen LogP contribution in [-0.2, 0) is 0 Å². The fourth-order valence-electron chi connectivity index (χ4n) is 6.58. The molecule has 168 valence electrons. The number of hydrogen-bond acceptors (Lipinski definition) is 0. The van der Waals surface area contributed by atoms with Gasteiger partial charge >= 0.3 is 0 Å². The van der Waals surface area contributed by atoms with Crippen molar-refractivity contribution in [3.63, 3.8) is 0 Å². The average molecular weight is 570 g/mol. The first-order valence-corrected chi connectivity index (χ1v) is 13.4. The molecule has 4 aromatic carbocycles. The van der Waals surface area contributed by atoms with Gasteiger partial charge in [0.25, 0.3) is 0 Å². The first kappa shape index (κ1) is 22.1. The fourth-order valence-corrected chi connectivity index (χ4v) is 7.34. The maximum absolute atomic E-state index is 3.75. The molecular weight excluding hydrogens is 544 g/mol. The van der Waals surface area contributed by atoms with E-state index in [0.29, 0.717) is 11.8 Å². The molecule has 2 aliphatic carbocycles. The van der Waals surface area contributed by atoms with Crippen molar-refractivity contribution < 1.29 is 0 Å². The minimum atomic E-state index is -0.0251. The molecule has 1 unspecified atom stereocenters. The van der Waals surface area contributed by atoms with Gasteiger partial charge in [0.2, 0.25) is 0 Å². The van der Waals surface area contributed by atoms with E-state index < -0.39 is 0 Å². The van der Waals surface area contributed by atoms with Gasteiger partial charge < -0.3 is 0 Å². The molecule has 0 amide bonds. The molecule has 0 saturated carbocycles. The Balaban J connectivity index is 1.54. The van der Waals surface area contributed by atoms with Gasteiger partial charge in [-0.1, -0.05) is 118 Å². The van der Waals surface area contributed by atoms with Gasteiger partial charge in [0.1, 0.15) is 0 Å². The Morgan fingerprint density at radius 1 is 0.618 bits per heavy atom. The maximum atomic E-state index is 3.75. The Kier molecular flexibility index (Phi) is 5.24. The van der Waals surface area contributed by atoms with Crippen LogP contribution in [-0.4, -0.2) is 0 Å². The molecule has 0 bridgehead atoms. The van der Waals surface area contributed by atoms with Crippen LogP contribution < -0.4 is 0 Å². The second kappa shape index (κ2) is 8.07. The van der Waals surface area contributed by atoms with Crippen LogP contribution in [0.3, 0.4) is 0 Å². The molecule has 0 radical (unpaired) electrons. The summed E-state index contributed by atoms with van der Waals surface area (Å²) in [6.45, 7) is 7.25. The van der Waals surface area contributed by atoms with Gasteiger partial charge in [0.05, 0.1) is 0 Å². The molecule has 0 saturated heterocycles. The molecule has 0 spiro atoms. The summed E-state index contributed by atoms with van der Waals surface area (Å²) in [6.07, 6.45) is 2.43. The van der Waals surface area contributed by atoms with Crippen LogP contribution in [0, 0.1) is 5.41 Å². The van der Waals surface area contributed by atoms with Gasteiger partial charge in [-0.3, -0.25) is 0 Å². The third-order valence-electron chi connectivity index (χ3n) is 7.79. The second-order valence-corrected chi connectivity index (χ2v) is 12.0. The monoisotopic (exact) mass is 568 g/mol. The first-order valence-electron chi connectivity index (χ1n) is 11.8. The van der Waals surface area contributed by atoms with E-state index in [1.807, 2.05) is 0 Å². The van der Waals surface area contributed by atoms with Crippen LogP contribution in [0.5, 0.6) is 0 Å². The second-order valence-electron chi connectivity index (χ2n) is 10.2. The lowest BCUT2D eigenvalue weighted by Crippen LogP contribution is -2.29. The van der Waals surface area contributed by atoms with E-state index in [9.17, 15) is 0 Å². The van der Waals surface area contributed by atoms with Crippen molar-refractivity contribution in [2.75, 3.05) is 0 Å². The number of allylic oxidation sites excluding steroid dienone is 1. The zero-order valence-electron chi connectivity index (χ0n) is 19.6. The number of rotatable bonds is 3. The summed E-state index contributed by atoms with van der Waals surface area (Å²) in [6, 6.07) is 31.2. The minimum Gasteiger partial charge on any atom is -0.0646 e. The first-order chi connectivity index (χ1) is 16.4. The Morgan fingerprint density at radius 2 is 1.24 bits per heavy atom. The van der Waals surface area contributed by atoms with Gasteiger partial charge in [0, 0.05) is 20.8 Å². The molecule has 0 heterocycles. The van der Waals surface area contributed by atoms with E-state index in [0.717, 1.165) is 8.95 Å². The van der Waals surface area contributed by atoms with Gasteiger partial charge in [-0.25, -0.2) is 0 Å². The van der Waals surface area contributed by atoms with E-state index in [2.05, 4.69) is 144 Å². The molecule has 34 heavy (non-hydrogen) atoms. The third-order valence-corrected chi connectivity index (χ3v) is 8.78. The highest BCUT2D eigenvalue weighted by atomic mass is 79.9.